The lowest BCUT2D eigenvalue weighted by Gasteiger charge is -2.09. The summed E-state index contributed by atoms with van der Waals surface area (Å²) in [6.45, 7) is 3.96. The number of furan rings is 1. The van der Waals surface area contributed by atoms with E-state index in [1.165, 1.54) is 24.3 Å². The minimum atomic E-state index is -0.557. The number of nitro benzene ring substituents is 1. The lowest BCUT2D eigenvalue weighted by atomic mass is 10.2. The summed E-state index contributed by atoms with van der Waals surface area (Å²) < 4.78 is 9.43. The van der Waals surface area contributed by atoms with Crippen LogP contribution in [0.3, 0.4) is 0 Å². The zero-order valence-electron chi connectivity index (χ0n) is 16.9. The second-order valence-electron chi connectivity index (χ2n) is 7.00. The van der Waals surface area contributed by atoms with Crippen molar-refractivity contribution in [2.75, 3.05) is 0 Å². The Morgan fingerprint density at radius 3 is 2.53 bits per heavy atom. The minimum absolute atomic E-state index is 0.0112. The van der Waals surface area contributed by atoms with Crippen molar-refractivity contribution < 1.29 is 14.1 Å². The molecular weight excluding hydrogens is 544 g/mol. The van der Waals surface area contributed by atoms with Crippen LogP contribution >= 0.6 is 31.9 Å². The zero-order valence-corrected chi connectivity index (χ0v) is 20.1. The van der Waals surface area contributed by atoms with Crippen molar-refractivity contribution in [3.05, 3.63) is 90.3 Å². The number of nitrogens with zero attached hydrogens (tertiary/aromatic N) is 3. The first-order valence-corrected chi connectivity index (χ1v) is 11.0. The van der Waals surface area contributed by atoms with Crippen molar-refractivity contribution in [3.8, 4) is 5.69 Å². The zero-order chi connectivity index (χ0) is 23.0. The lowest BCUT2D eigenvalue weighted by molar-refractivity contribution is -0.384. The highest BCUT2D eigenvalue weighted by Crippen LogP contribution is 2.30. The fourth-order valence-electron chi connectivity index (χ4n) is 3.42. The van der Waals surface area contributed by atoms with Gasteiger partial charge < -0.3 is 8.98 Å². The third-order valence-corrected chi connectivity index (χ3v) is 6.52. The maximum absolute atomic E-state index is 12.4. The molecule has 0 aliphatic rings. The smallest absolute Gasteiger partial charge is 0.307 e. The van der Waals surface area contributed by atoms with Crippen molar-refractivity contribution >= 4 is 60.6 Å². The summed E-state index contributed by atoms with van der Waals surface area (Å²) in [6, 6.07) is 13.5. The fraction of sp³-hybridized carbons (Fsp3) is 0.0909. The van der Waals surface area contributed by atoms with E-state index in [1.54, 1.807) is 6.21 Å². The van der Waals surface area contributed by atoms with Gasteiger partial charge in [-0.15, -0.1) is 0 Å². The summed E-state index contributed by atoms with van der Waals surface area (Å²) >= 11 is 7.06. The molecule has 0 saturated carbocycles. The number of hydrogen-bond acceptors (Lipinski definition) is 5. The predicted molar refractivity (Wildman–Crippen MR) is 129 cm³/mol. The van der Waals surface area contributed by atoms with E-state index in [-0.39, 0.29) is 11.4 Å². The molecule has 0 spiro atoms. The Morgan fingerprint density at radius 1 is 1.12 bits per heavy atom. The third-order valence-electron chi connectivity index (χ3n) is 4.99. The summed E-state index contributed by atoms with van der Waals surface area (Å²) in [5, 5.41) is 15.5. The summed E-state index contributed by atoms with van der Waals surface area (Å²) in [5.74, 6) is -0.546. The average Bonchev–Trinajstić information content (AvgIpc) is 3.28. The predicted octanol–water partition coefficient (Wildman–Crippen LogP) is 6.04. The van der Waals surface area contributed by atoms with Crippen LogP contribution < -0.4 is 5.43 Å². The van der Waals surface area contributed by atoms with E-state index in [4.69, 9.17) is 4.42 Å². The SMILES string of the molecule is Cc1c(Br)c(/C=N/NC(=O)c2cc3cc([N+](=O)[O-])ccc3o2)c(C)n1-c1ccc(Br)cc1. The van der Waals surface area contributed by atoms with Crippen LogP contribution in [0, 0.1) is 24.0 Å². The Bertz CT molecular complexity index is 1390. The van der Waals surface area contributed by atoms with Crippen LogP contribution in [0.4, 0.5) is 5.69 Å². The Balaban J connectivity index is 1.56. The molecule has 0 atom stereocenters. The van der Waals surface area contributed by atoms with E-state index in [9.17, 15) is 14.9 Å². The van der Waals surface area contributed by atoms with E-state index in [2.05, 4.69) is 47.0 Å². The monoisotopic (exact) mass is 558 g/mol. The molecule has 32 heavy (non-hydrogen) atoms. The van der Waals surface area contributed by atoms with Crippen molar-refractivity contribution in [1.82, 2.24) is 9.99 Å². The molecule has 8 nitrogen and oxygen atoms in total. The molecule has 4 rings (SSSR count). The van der Waals surface area contributed by atoms with Crippen LogP contribution in [0.1, 0.15) is 27.5 Å². The highest BCUT2D eigenvalue weighted by molar-refractivity contribution is 9.10. The van der Waals surface area contributed by atoms with E-state index >= 15 is 0 Å². The Kier molecular flexibility index (Phi) is 5.98. The summed E-state index contributed by atoms with van der Waals surface area (Å²) in [4.78, 5) is 22.9. The van der Waals surface area contributed by atoms with Crippen LogP contribution in [-0.2, 0) is 0 Å². The number of nitrogens with one attached hydrogen (secondary N) is 1. The average molecular weight is 560 g/mol. The first-order valence-electron chi connectivity index (χ1n) is 9.41. The molecule has 2 heterocycles. The van der Waals surface area contributed by atoms with Gasteiger partial charge in [0.2, 0.25) is 0 Å². The van der Waals surface area contributed by atoms with Crippen molar-refractivity contribution in [3.63, 3.8) is 0 Å². The molecule has 1 amide bonds. The number of hydrazone groups is 1. The van der Waals surface area contributed by atoms with Gasteiger partial charge >= 0.3 is 5.91 Å². The Morgan fingerprint density at radius 2 is 1.84 bits per heavy atom. The molecule has 0 unspecified atom stereocenters. The topological polar surface area (TPSA) is 103 Å². The van der Waals surface area contributed by atoms with Gasteiger partial charge in [-0.1, -0.05) is 15.9 Å². The summed E-state index contributed by atoms with van der Waals surface area (Å²) in [5.41, 5.74) is 6.52. The maximum atomic E-state index is 12.4. The number of carbonyl (C=O) groups is 1. The maximum Gasteiger partial charge on any atom is 0.307 e. The number of amides is 1. The van der Waals surface area contributed by atoms with Crippen LogP contribution in [0.15, 0.2) is 67.0 Å². The fourth-order valence-corrected chi connectivity index (χ4v) is 4.25. The van der Waals surface area contributed by atoms with Gasteiger partial charge in [0, 0.05) is 49.1 Å². The molecule has 0 aliphatic heterocycles. The van der Waals surface area contributed by atoms with Crippen molar-refractivity contribution in [2.24, 2.45) is 5.10 Å². The van der Waals surface area contributed by atoms with Gasteiger partial charge in [-0.25, -0.2) is 5.43 Å². The standard InChI is InChI=1S/C22H16Br2N4O4/c1-12-18(21(24)13(2)27(12)16-5-3-15(23)4-6-16)11-25-26-22(29)20-10-14-9-17(28(30)31)7-8-19(14)32-20/h3-11H,1-2H3,(H,26,29)/b25-11+. The number of benzene rings is 2. The number of nitro groups is 1. The van der Waals surface area contributed by atoms with Gasteiger partial charge in [0.1, 0.15) is 5.58 Å². The van der Waals surface area contributed by atoms with E-state index in [1.807, 2.05) is 38.1 Å². The van der Waals surface area contributed by atoms with Gasteiger partial charge in [0.05, 0.1) is 11.1 Å². The number of hydrogen-bond donors (Lipinski definition) is 1. The first-order chi connectivity index (χ1) is 15.3. The number of carbonyl (C=O) groups excluding carboxylic acids is 1. The van der Waals surface area contributed by atoms with E-state index in [0.717, 1.165) is 31.6 Å². The normalized spacial score (nSPS) is 11.4. The lowest BCUT2D eigenvalue weighted by Crippen LogP contribution is -2.16. The van der Waals surface area contributed by atoms with Crippen molar-refractivity contribution in [2.45, 2.75) is 13.8 Å². The van der Waals surface area contributed by atoms with Gasteiger partial charge in [0.15, 0.2) is 5.76 Å². The molecule has 10 heteroatoms. The Labute approximate surface area is 199 Å². The van der Waals surface area contributed by atoms with Crippen molar-refractivity contribution in [1.29, 1.82) is 0 Å². The molecule has 0 radical (unpaired) electrons. The largest absolute Gasteiger partial charge is 0.451 e. The van der Waals surface area contributed by atoms with Gasteiger partial charge in [-0.3, -0.25) is 14.9 Å². The van der Waals surface area contributed by atoms with Gasteiger partial charge in [-0.05, 0) is 66.2 Å². The molecule has 0 saturated heterocycles. The molecule has 0 bridgehead atoms. The molecule has 1 N–H and O–H groups in total. The first kappa shape index (κ1) is 22.0. The third kappa shape index (κ3) is 4.11. The second-order valence-corrected chi connectivity index (χ2v) is 8.71. The van der Waals surface area contributed by atoms with Crippen LogP contribution in [0.5, 0.6) is 0 Å². The molecule has 162 valence electrons. The van der Waals surface area contributed by atoms with E-state index < -0.39 is 10.8 Å². The number of aromatic nitrogens is 1. The quantitative estimate of drug-likeness (QED) is 0.183. The molecule has 2 aromatic carbocycles. The molecule has 2 aromatic heterocycles. The number of halogens is 2. The second kappa shape index (κ2) is 8.71. The summed E-state index contributed by atoms with van der Waals surface area (Å²) in [6.07, 6.45) is 1.56. The van der Waals surface area contributed by atoms with Crippen LogP contribution in [-0.4, -0.2) is 21.6 Å². The van der Waals surface area contributed by atoms with Crippen LogP contribution in [0.2, 0.25) is 0 Å². The molecule has 4 aromatic rings. The van der Waals surface area contributed by atoms with E-state index in [0.29, 0.717) is 11.0 Å². The number of fused-ring (bicyclic) bond motifs is 1. The van der Waals surface area contributed by atoms with Gasteiger partial charge in [0.25, 0.3) is 5.69 Å². The highest BCUT2D eigenvalue weighted by atomic mass is 79.9. The highest BCUT2D eigenvalue weighted by Gasteiger charge is 2.17. The molecular formula is C22H16Br2N4O4. The number of non-ortho nitro benzene ring substituents is 1. The molecule has 0 fully saturated rings. The van der Waals surface area contributed by atoms with Gasteiger partial charge in [-0.2, -0.15) is 5.10 Å². The minimum Gasteiger partial charge on any atom is -0.451 e. The summed E-state index contributed by atoms with van der Waals surface area (Å²) in [7, 11) is 0. The number of rotatable bonds is 5. The molecule has 0 aliphatic carbocycles. The van der Waals surface area contributed by atoms with Crippen LogP contribution in [0.25, 0.3) is 16.7 Å². The Hall–Kier alpha value is -3.24.